The molecule has 1 amide bonds. The molecule has 2 nitrogen and oxygen atoms in total. The summed E-state index contributed by atoms with van der Waals surface area (Å²) in [7, 11) is 0. The summed E-state index contributed by atoms with van der Waals surface area (Å²) in [5.74, 6) is 2.29. The molecule has 0 aliphatic rings. The van der Waals surface area contributed by atoms with E-state index in [-0.39, 0.29) is 5.91 Å². The van der Waals surface area contributed by atoms with Crippen molar-refractivity contribution in [3.8, 4) is 12.3 Å². The van der Waals surface area contributed by atoms with E-state index in [1.807, 2.05) is 6.07 Å². The fourth-order valence-electron chi connectivity index (χ4n) is 0.961. The van der Waals surface area contributed by atoms with Crippen LogP contribution in [0, 0.1) is 12.3 Å². The van der Waals surface area contributed by atoms with Crippen LogP contribution in [-0.2, 0) is 4.79 Å². The molecule has 0 bridgehead atoms. The van der Waals surface area contributed by atoms with Gasteiger partial charge in [0.05, 0.1) is 10.7 Å². The molecule has 0 heterocycles. The molecule has 0 aromatic heterocycles. The number of hydrogen-bond acceptors (Lipinski definition) is 1. The van der Waals surface area contributed by atoms with Crippen LogP contribution in [0.5, 0.6) is 0 Å². The minimum absolute atomic E-state index is 0.115. The van der Waals surface area contributed by atoms with Gasteiger partial charge in [-0.15, -0.1) is 12.3 Å². The van der Waals surface area contributed by atoms with Crippen molar-refractivity contribution in [3.05, 3.63) is 29.3 Å². The molecule has 0 unspecified atom stereocenters. The highest BCUT2D eigenvalue weighted by atomic mass is 35.5. The first-order valence-electron chi connectivity index (χ1n) is 4.22. The van der Waals surface area contributed by atoms with Crippen LogP contribution in [0.15, 0.2) is 24.3 Å². The molecule has 0 atom stereocenters. The molecule has 3 heteroatoms. The molecule has 0 saturated carbocycles. The van der Waals surface area contributed by atoms with Gasteiger partial charge in [-0.05, 0) is 12.1 Å². The van der Waals surface area contributed by atoms with Gasteiger partial charge in [-0.2, -0.15) is 0 Å². The van der Waals surface area contributed by atoms with Gasteiger partial charge in [0.25, 0.3) is 0 Å². The van der Waals surface area contributed by atoms with Gasteiger partial charge in [-0.1, -0.05) is 23.7 Å². The van der Waals surface area contributed by atoms with Crippen LogP contribution in [0.3, 0.4) is 0 Å². The van der Waals surface area contributed by atoms with Gasteiger partial charge in [0.1, 0.15) is 0 Å². The van der Waals surface area contributed by atoms with Crippen molar-refractivity contribution in [1.29, 1.82) is 0 Å². The Kier molecular flexibility index (Phi) is 4.03. The third-order valence-corrected chi connectivity index (χ3v) is 1.97. The van der Waals surface area contributed by atoms with Gasteiger partial charge in [-0.3, -0.25) is 4.79 Å². The van der Waals surface area contributed by atoms with Crippen LogP contribution in [0.2, 0.25) is 5.02 Å². The molecule has 0 spiro atoms. The minimum Gasteiger partial charge on any atom is -0.325 e. The number of terminal acetylenes is 1. The molecular weight excluding hydrogens is 198 g/mol. The maximum absolute atomic E-state index is 11.3. The van der Waals surface area contributed by atoms with Gasteiger partial charge in [0, 0.05) is 12.8 Å². The summed E-state index contributed by atoms with van der Waals surface area (Å²) in [6.07, 6.45) is 5.81. The van der Waals surface area contributed by atoms with E-state index in [1.165, 1.54) is 0 Å². The standard InChI is InChI=1S/C11H10ClNO/c1-2-3-8-11(14)13-10-7-5-4-6-9(10)12/h1,4-7H,3,8H2,(H,13,14). The van der Waals surface area contributed by atoms with Crippen LogP contribution in [0.25, 0.3) is 0 Å². The van der Waals surface area contributed by atoms with Gasteiger partial charge < -0.3 is 5.32 Å². The van der Waals surface area contributed by atoms with E-state index in [1.54, 1.807) is 18.2 Å². The van der Waals surface area contributed by atoms with E-state index in [0.717, 1.165) is 0 Å². The number of carbonyl (C=O) groups excluding carboxylic acids is 1. The molecular formula is C11H10ClNO. The van der Waals surface area contributed by atoms with Crippen molar-refractivity contribution in [2.45, 2.75) is 12.8 Å². The molecule has 1 aromatic rings. The van der Waals surface area contributed by atoms with E-state index in [0.29, 0.717) is 23.6 Å². The van der Waals surface area contributed by atoms with Crippen molar-refractivity contribution in [2.24, 2.45) is 0 Å². The second-order valence-corrected chi connectivity index (χ2v) is 3.14. The number of amides is 1. The van der Waals surface area contributed by atoms with Crippen molar-refractivity contribution >= 4 is 23.2 Å². The lowest BCUT2D eigenvalue weighted by molar-refractivity contribution is -0.116. The average Bonchev–Trinajstić information content (AvgIpc) is 2.18. The van der Waals surface area contributed by atoms with Crippen LogP contribution in [0.1, 0.15) is 12.8 Å². The van der Waals surface area contributed by atoms with E-state index in [4.69, 9.17) is 18.0 Å². The molecule has 0 aliphatic heterocycles. The maximum atomic E-state index is 11.3. The first kappa shape index (κ1) is 10.6. The summed E-state index contributed by atoms with van der Waals surface area (Å²) in [6, 6.07) is 7.08. The Morgan fingerprint density at radius 2 is 2.21 bits per heavy atom. The summed E-state index contributed by atoms with van der Waals surface area (Å²) in [6.45, 7) is 0. The zero-order valence-corrected chi connectivity index (χ0v) is 8.34. The SMILES string of the molecule is C#CCCC(=O)Nc1ccccc1Cl. The summed E-state index contributed by atoms with van der Waals surface area (Å²) < 4.78 is 0. The smallest absolute Gasteiger partial charge is 0.225 e. The van der Waals surface area contributed by atoms with Crippen molar-refractivity contribution in [1.82, 2.24) is 0 Å². The Balaban J connectivity index is 2.57. The molecule has 72 valence electrons. The summed E-state index contributed by atoms with van der Waals surface area (Å²) >= 11 is 5.85. The average molecular weight is 208 g/mol. The monoisotopic (exact) mass is 207 g/mol. The Hall–Kier alpha value is -1.46. The summed E-state index contributed by atoms with van der Waals surface area (Å²) in [5, 5.41) is 3.21. The van der Waals surface area contributed by atoms with Crippen LogP contribution >= 0.6 is 11.6 Å². The third kappa shape index (κ3) is 3.12. The normalized spacial score (nSPS) is 9.14. The zero-order valence-electron chi connectivity index (χ0n) is 7.59. The molecule has 0 saturated heterocycles. The predicted molar refractivity (Wildman–Crippen MR) is 58.1 cm³/mol. The Morgan fingerprint density at radius 1 is 1.50 bits per heavy atom. The molecule has 1 N–H and O–H groups in total. The number of benzene rings is 1. The largest absolute Gasteiger partial charge is 0.325 e. The molecule has 0 radical (unpaired) electrons. The topological polar surface area (TPSA) is 29.1 Å². The summed E-state index contributed by atoms with van der Waals surface area (Å²) in [5.41, 5.74) is 0.621. The maximum Gasteiger partial charge on any atom is 0.225 e. The van der Waals surface area contributed by atoms with Crippen LogP contribution < -0.4 is 5.32 Å². The number of carbonyl (C=O) groups is 1. The predicted octanol–water partition coefficient (Wildman–Crippen LogP) is 2.69. The molecule has 0 fully saturated rings. The molecule has 14 heavy (non-hydrogen) atoms. The highest BCUT2D eigenvalue weighted by Gasteiger charge is 2.03. The van der Waals surface area contributed by atoms with Crippen LogP contribution in [-0.4, -0.2) is 5.91 Å². The number of anilines is 1. The van der Waals surface area contributed by atoms with Crippen molar-refractivity contribution < 1.29 is 4.79 Å². The second kappa shape index (κ2) is 5.31. The molecule has 1 aromatic carbocycles. The Morgan fingerprint density at radius 3 is 2.86 bits per heavy atom. The Bertz CT molecular complexity index is 368. The molecule has 0 aliphatic carbocycles. The lowest BCUT2D eigenvalue weighted by Gasteiger charge is -2.05. The highest BCUT2D eigenvalue weighted by Crippen LogP contribution is 2.20. The number of nitrogens with one attached hydrogen (secondary N) is 1. The van der Waals surface area contributed by atoms with E-state index >= 15 is 0 Å². The first-order valence-corrected chi connectivity index (χ1v) is 4.59. The van der Waals surface area contributed by atoms with E-state index in [9.17, 15) is 4.79 Å². The number of hydrogen-bond donors (Lipinski definition) is 1. The zero-order chi connectivity index (χ0) is 10.4. The fraction of sp³-hybridized carbons (Fsp3) is 0.182. The highest BCUT2D eigenvalue weighted by molar-refractivity contribution is 6.33. The third-order valence-electron chi connectivity index (χ3n) is 1.64. The van der Waals surface area contributed by atoms with Gasteiger partial charge in [0.2, 0.25) is 5.91 Å². The summed E-state index contributed by atoms with van der Waals surface area (Å²) in [4.78, 5) is 11.3. The Labute approximate surface area is 88.3 Å². The molecule has 1 rings (SSSR count). The van der Waals surface area contributed by atoms with Gasteiger partial charge in [0.15, 0.2) is 0 Å². The number of rotatable bonds is 3. The van der Waals surface area contributed by atoms with Gasteiger partial charge >= 0.3 is 0 Å². The van der Waals surface area contributed by atoms with Crippen molar-refractivity contribution in [2.75, 3.05) is 5.32 Å². The first-order chi connectivity index (χ1) is 6.74. The van der Waals surface area contributed by atoms with E-state index < -0.39 is 0 Å². The van der Waals surface area contributed by atoms with Gasteiger partial charge in [-0.25, -0.2) is 0 Å². The fourth-order valence-corrected chi connectivity index (χ4v) is 1.14. The van der Waals surface area contributed by atoms with Crippen molar-refractivity contribution in [3.63, 3.8) is 0 Å². The minimum atomic E-state index is -0.115. The number of para-hydroxylation sites is 1. The van der Waals surface area contributed by atoms with Crippen LogP contribution in [0.4, 0.5) is 5.69 Å². The lowest BCUT2D eigenvalue weighted by atomic mass is 10.2. The quantitative estimate of drug-likeness (QED) is 0.759. The number of halogens is 1. The second-order valence-electron chi connectivity index (χ2n) is 2.73. The lowest BCUT2D eigenvalue weighted by Crippen LogP contribution is -2.10. The van der Waals surface area contributed by atoms with E-state index in [2.05, 4.69) is 11.2 Å².